The third kappa shape index (κ3) is 6.34. The monoisotopic (exact) mass is 479 g/mol. The molecule has 0 saturated carbocycles. The summed E-state index contributed by atoms with van der Waals surface area (Å²) in [6, 6.07) is 18.8. The highest BCUT2D eigenvalue weighted by Gasteiger charge is 2.13. The predicted octanol–water partition coefficient (Wildman–Crippen LogP) is 4.86. The number of halogens is 1. The molecule has 0 fully saturated rings. The van der Waals surface area contributed by atoms with Gasteiger partial charge in [0.1, 0.15) is 18.7 Å². The molecule has 0 aliphatic rings. The summed E-state index contributed by atoms with van der Waals surface area (Å²) in [5, 5.41) is 12.3. The number of hydrogen-bond acceptors (Lipinski definition) is 6. The highest BCUT2D eigenvalue weighted by atomic mass is 35.5. The van der Waals surface area contributed by atoms with E-state index in [2.05, 4.69) is 20.5 Å². The molecule has 0 saturated heterocycles. The number of rotatable bonds is 9. The van der Waals surface area contributed by atoms with Gasteiger partial charge in [-0.1, -0.05) is 47.6 Å². The average molecular weight is 480 g/mol. The summed E-state index contributed by atoms with van der Waals surface area (Å²) in [7, 11) is 0. The van der Waals surface area contributed by atoms with Gasteiger partial charge in [-0.15, -0.1) is 10.2 Å². The third-order valence-electron chi connectivity index (χ3n) is 4.82. The molecule has 33 heavy (non-hydrogen) atoms. The molecule has 1 amide bonds. The van der Waals surface area contributed by atoms with Crippen molar-refractivity contribution in [1.82, 2.24) is 25.1 Å². The number of ether oxygens (including phenoxy) is 1. The highest BCUT2D eigenvalue weighted by Crippen LogP contribution is 2.22. The maximum Gasteiger partial charge on any atom is 0.230 e. The standard InChI is InChI=1S/C24H22ClN5O2S/c1-17(19-7-9-22(10-8-19)32-14-18-4-3-11-26-13-18)28-23(31)15-33-24-29-27-16-30(24)21-6-2-5-20(25)12-21/h2-13,16-17H,14-15H2,1H3,(H,28,31). The summed E-state index contributed by atoms with van der Waals surface area (Å²) in [5.74, 6) is 0.887. The van der Waals surface area contributed by atoms with Gasteiger partial charge < -0.3 is 10.1 Å². The first-order valence-electron chi connectivity index (χ1n) is 10.3. The van der Waals surface area contributed by atoms with Crippen LogP contribution in [-0.4, -0.2) is 31.4 Å². The van der Waals surface area contributed by atoms with Crippen LogP contribution in [0.2, 0.25) is 5.02 Å². The summed E-state index contributed by atoms with van der Waals surface area (Å²) in [6.07, 6.45) is 5.12. The van der Waals surface area contributed by atoms with Crippen LogP contribution in [0.4, 0.5) is 0 Å². The smallest absolute Gasteiger partial charge is 0.230 e. The van der Waals surface area contributed by atoms with Gasteiger partial charge in [-0.2, -0.15) is 0 Å². The summed E-state index contributed by atoms with van der Waals surface area (Å²) in [5.41, 5.74) is 2.84. The Labute approximate surface area is 201 Å². The molecule has 0 spiro atoms. The van der Waals surface area contributed by atoms with E-state index >= 15 is 0 Å². The Bertz CT molecular complexity index is 1200. The molecule has 0 aliphatic heterocycles. The van der Waals surface area contributed by atoms with Gasteiger partial charge in [0.2, 0.25) is 5.91 Å². The Morgan fingerprint density at radius 3 is 2.79 bits per heavy atom. The summed E-state index contributed by atoms with van der Waals surface area (Å²) < 4.78 is 7.59. The number of carbonyl (C=O) groups is 1. The van der Waals surface area contributed by atoms with E-state index in [1.807, 2.05) is 61.5 Å². The molecule has 0 aliphatic carbocycles. The average Bonchev–Trinajstić information content (AvgIpc) is 3.31. The molecule has 168 valence electrons. The van der Waals surface area contributed by atoms with Gasteiger partial charge in [0, 0.05) is 23.0 Å². The van der Waals surface area contributed by atoms with Crippen molar-refractivity contribution in [2.45, 2.75) is 24.7 Å². The molecule has 1 atom stereocenters. The van der Waals surface area contributed by atoms with Gasteiger partial charge in [0.25, 0.3) is 0 Å². The lowest BCUT2D eigenvalue weighted by molar-refractivity contribution is -0.119. The SMILES string of the molecule is CC(NC(=O)CSc1nncn1-c1cccc(Cl)c1)c1ccc(OCc2cccnc2)cc1. The van der Waals surface area contributed by atoms with Crippen LogP contribution in [0, 0.1) is 0 Å². The second-order valence-electron chi connectivity index (χ2n) is 7.26. The quantitative estimate of drug-likeness (QED) is 0.345. The lowest BCUT2D eigenvalue weighted by Gasteiger charge is -2.15. The second kappa shape index (κ2) is 11.0. The molecule has 4 aromatic rings. The fourth-order valence-electron chi connectivity index (χ4n) is 3.13. The highest BCUT2D eigenvalue weighted by molar-refractivity contribution is 7.99. The van der Waals surface area contributed by atoms with Gasteiger partial charge in [0.05, 0.1) is 17.5 Å². The van der Waals surface area contributed by atoms with Crippen molar-refractivity contribution in [1.29, 1.82) is 0 Å². The Kier molecular flexibility index (Phi) is 7.59. The van der Waals surface area contributed by atoms with E-state index in [9.17, 15) is 4.79 Å². The molecule has 2 heterocycles. The summed E-state index contributed by atoms with van der Waals surface area (Å²) in [4.78, 5) is 16.6. The fraction of sp³-hybridized carbons (Fsp3) is 0.167. The zero-order valence-electron chi connectivity index (χ0n) is 17.9. The van der Waals surface area contributed by atoms with Crippen molar-refractivity contribution < 1.29 is 9.53 Å². The molecule has 2 aromatic heterocycles. The maximum atomic E-state index is 12.5. The first-order chi connectivity index (χ1) is 16.1. The number of thioether (sulfide) groups is 1. The van der Waals surface area contributed by atoms with Gasteiger partial charge in [0.15, 0.2) is 5.16 Å². The van der Waals surface area contributed by atoms with Crippen LogP contribution in [0.3, 0.4) is 0 Å². The fourth-order valence-corrected chi connectivity index (χ4v) is 4.05. The van der Waals surface area contributed by atoms with Crippen LogP contribution in [0.1, 0.15) is 24.1 Å². The summed E-state index contributed by atoms with van der Waals surface area (Å²) in [6.45, 7) is 2.40. The number of nitrogens with zero attached hydrogens (tertiary/aromatic N) is 4. The van der Waals surface area contributed by atoms with Gasteiger partial charge in [-0.25, -0.2) is 0 Å². The van der Waals surface area contributed by atoms with Crippen LogP contribution in [0.15, 0.2) is 84.5 Å². The second-order valence-corrected chi connectivity index (χ2v) is 8.64. The molecule has 2 aromatic carbocycles. The number of benzene rings is 2. The molecule has 7 nitrogen and oxygen atoms in total. The van der Waals surface area contributed by atoms with Crippen molar-refractivity contribution >= 4 is 29.3 Å². The topological polar surface area (TPSA) is 81.9 Å². The van der Waals surface area contributed by atoms with Crippen LogP contribution < -0.4 is 10.1 Å². The number of pyridine rings is 1. The van der Waals surface area contributed by atoms with Crippen molar-refractivity contribution in [3.63, 3.8) is 0 Å². The number of nitrogens with one attached hydrogen (secondary N) is 1. The molecule has 0 radical (unpaired) electrons. The number of amides is 1. The van der Waals surface area contributed by atoms with Crippen molar-refractivity contribution in [2.75, 3.05) is 5.75 Å². The maximum absolute atomic E-state index is 12.5. The minimum absolute atomic E-state index is 0.0925. The van der Waals surface area contributed by atoms with E-state index in [0.717, 1.165) is 22.6 Å². The minimum atomic E-state index is -0.142. The number of hydrogen-bond donors (Lipinski definition) is 1. The lowest BCUT2D eigenvalue weighted by Crippen LogP contribution is -2.28. The van der Waals surface area contributed by atoms with Gasteiger partial charge >= 0.3 is 0 Å². The molecule has 9 heteroatoms. The zero-order valence-corrected chi connectivity index (χ0v) is 19.5. The van der Waals surface area contributed by atoms with Crippen LogP contribution >= 0.6 is 23.4 Å². The van der Waals surface area contributed by atoms with Crippen molar-refractivity contribution in [3.05, 3.63) is 95.5 Å². The van der Waals surface area contributed by atoms with Gasteiger partial charge in [-0.05, 0) is 48.9 Å². The number of aromatic nitrogens is 4. The van der Waals surface area contributed by atoms with Crippen molar-refractivity contribution in [3.8, 4) is 11.4 Å². The largest absolute Gasteiger partial charge is 0.489 e. The van der Waals surface area contributed by atoms with E-state index in [0.29, 0.717) is 16.8 Å². The number of carbonyl (C=O) groups excluding carboxylic acids is 1. The normalized spacial score (nSPS) is 11.7. The Hall–Kier alpha value is -3.36. The molecular weight excluding hydrogens is 458 g/mol. The van der Waals surface area contributed by atoms with E-state index < -0.39 is 0 Å². The Morgan fingerprint density at radius 1 is 1.18 bits per heavy atom. The van der Waals surface area contributed by atoms with Crippen molar-refractivity contribution in [2.24, 2.45) is 0 Å². The third-order valence-corrected chi connectivity index (χ3v) is 6.00. The molecule has 1 unspecified atom stereocenters. The van der Waals surface area contributed by atoms with E-state index in [-0.39, 0.29) is 17.7 Å². The zero-order chi connectivity index (χ0) is 23.0. The molecular formula is C24H22ClN5O2S. The van der Waals surface area contributed by atoms with E-state index in [1.165, 1.54) is 11.8 Å². The minimum Gasteiger partial charge on any atom is -0.489 e. The first kappa shape index (κ1) is 22.8. The predicted molar refractivity (Wildman–Crippen MR) is 129 cm³/mol. The van der Waals surface area contributed by atoms with Crippen LogP contribution in [0.5, 0.6) is 5.75 Å². The molecule has 1 N–H and O–H groups in total. The van der Waals surface area contributed by atoms with Gasteiger partial charge in [-0.3, -0.25) is 14.3 Å². The Morgan fingerprint density at radius 2 is 2.03 bits per heavy atom. The van der Waals surface area contributed by atoms with Crippen LogP contribution in [-0.2, 0) is 11.4 Å². The van der Waals surface area contributed by atoms with E-state index in [4.69, 9.17) is 16.3 Å². The summed E-state index contributed by atoms with van der Waals surface area (Å²) >= 11 is 7.39. The molecule has 4 rings (SSSR count). The first-order valence-corrected chi connectivity index (χ1v) is 11.6. The van der Waals surface area contributed by atoms with E-state index in [1.54, 1.807) is 29.4 Å². The lowest BCUT2D eigenvalue weighted by atomic mass is 10.1. The van der Waals surface area contributed by atoms with Crippen LogP contribution in [0.25, 0.3) is 5.69 Å². The Balaban J connectivity index is 1.28. The molecule has 0 bridgehead atoms.